The van der Waals surface area contributed by atoms with Gasteiger partial charge in [-0.1, -0.05) is 23.2 Å². The second kappa shape index (κ2) is 5.47. The fourth-order valence-corrected chi connectivity index (χ4v) is 2.89. The van der Waals surface area contributed by atoms with Crippen LogP contribution in [0.25, 0.3) is 0 Å². The first-order chi connectivity index (χ1) is 9.29. The van der Waals surface area contributed by atoms with Gasteiger partial charge >= 0.3 is 0 Å². The highest BCUT2D eigenvalue weighted by atomic mass is 35.5. The van der Waals surface area contributed by atoms with Crippen LogP contribution in [0, 0.1) is 5.82 Å². The molecule has 8 heteroatoms. The quantitative estimate of drug-likeness (QED) is 0.843. The largest absolute Gasteiger partial charge is 0.398 e. The number of nitrogen functional groups attached to an aromatic ring is 1. The Hall–Kier alpha value is -1.50. The molecule has 0 aliphatic carbocycles. The SMILES string of the molecule is Nc1ccc(S(=O)(=O)Nc2ccc(Cl)c(F)c2)cc1Cl. The summed E-state index contributed by atoms with van der Waals surface area (Å²) in [5, 5.41) is 0.0265. The van der Waals surface area contributed by atoms with E-state index in [-0.39, 0.29) is 26.3 Å². The zero-order valence-corrected chi connectivity index (χ0v) is 12.2. The maximum absolute atomic E-state index is 13.3. The van der Waals surface area contributed by atoms with Gasteiger partial charge in [0.2, 0.25) is 0 Å². The number of rotatable bonds is 3. The minimum Gasteiger partial charge on any atom is -0.398 e. The molecule has 0 spiro atoms. The van der Waals surface area contributed by atoms with E-state index in [0.717, 1.165) is 6.07 Å². The minimum absolute atomic E-state index is 0.0554. The number of benzene rings is 2. The molecule has 0 unspecified atom stereocenters. The van der Waals surface area contributed by atoms with Gasteiger partial charge in [-0.2, -0.15) is 0 Å². The molecule has 2 aromatic rings. The van der Waals surface area contributed by atoms with E-state index in [9.17, 15) is 12.8 Å². The van der Waals surface area contributed by atoms with E-state index in [2.05, 4.69) is 4.72 Å². The van der Waals surface area contributed by atoms with Crippen LogP contribution in [-0.4, -0.2) is 8.42 Å². The highest BCUT2D eigenvalue weighted by Crippen LogP contribution is 2.25. The van der Waals surface area contributed by atoms with Gasteiger partial charge in [0.05, 0.1) is 26.3 Å². The first-order valence-electron chi connectivity index (χ1n) is 5.32. The fourth-order valence-electron chi connectivity index (χ4n) is 1.45. The van der Waals surface area contributed by atoms with Gasteiger partial charge in [-0.25, -0.2) is 12.8 Å². The summed E-state index contributed by atoms with van der Waals surface area (Å²) in [6, 6.07) is 7.48. The van der Waals surface area contributed by atoms with E-state index in [1.165, 1.54) is 30.3 Å². The smallest absolute Gasteiger partial charge is 0.261 e. The Morgan fingerprint density at radius 2 is 1.75 bits per heavy atom. The molecule has 3 N–H and O–H groups in total. The summed E-state index contributed by atoms with van der Waals surface area (Å²) in [7, 11) is -3.88. The van der Waals surface area contributed by atoms with Crippen molar-refractivity contribution >= 4 is 44.6 Å². The molecule has 2 rings (SSSR count). The Labute approximate surface area is 125 Å². The zero-order valence-electron chi connectivity index (χ0n) is 9.90. The van der Waals surface area contributed by atoms with Crippen molar-refractivity contribution in [2.45, 2.75) is 4.90 Å². The predicted octanol–water partition coefficient (Wildman–Crippen LogP) is 3.52. The molecule has 0 amide bonds. The van der Waals surface area contributed by atoms with Crippen molar-refractivity contribution in [1.29, 1.82) is 0 Å². The number of hydrogen-bond acceptors (Lipinski definition) is 3. The first-order valence-corrected chi connectivity index (χ1v) is 7.56. The number of hydrogen-bond donors (Lipinski definition) is 2. The third-order valence-corrected chi connectivity index (χ3v) is 4.47. The Balaban J connectivity index is 2.35. The molecule has 0 aliphatic heterocycles. The van der Waals surface area contributed by atoms with E-state index < -0.39 is 15.8 Å². The maximum atomic E-state index is 13.3. The standard InChI is InChI=1S/C12H9Cl2FN2O2S/c13-9-3-1-7(5-11(9)15)17-20(18,19)8-2-4-12(16)10(14)6-8/h1-6,17H,16H2. The molecule has 0 bridgehead atoms. The molecule has 0 heterocycles. The van der Waals surface area contributed by atoms with Crippen LogP contribution in [0.2, 0.25) is 10.0 Å². The third-order valence-electron chi connectivity index (χ3n) is 2.45. The Morgan fingerprint density at radius 3 is 2.35 bits per heavy atom. The molecule has 0 saturated heterocycles. The van der Waals surface area contributed by atoms with Gasteiger partial charge in [0.15, 0.2) is 0 Å². The molecule has 0 atom stereocenters. The number of halogens is 3. The number of sulfonamides is 1. The molecule has 0 aliphatic rings. The molecule has 106 valence electrons. The molecule has 4 nitrogen and oxygen atoms in total. The summed E-state index contributed by atoms with van der Waals surface area (Å²) >= 11 is 11.3. The molecular weight excluding hydrogens is 326 g/mol. The molecular formula is C12H9Cl2FN2O2S. The number of nitrogens with two attached hydrogens (primary N) is 1. The van der Waals surface area contributed by atoms with Crippen LogP contribution >= 0.6 is 23.2 Å². The van der Waals surface area contributed by atoms with Crippen molar-refractivity contribution in [3.05, 3.63) is 52.3 Å². The van der Waals surface area contributed by atoms with E-state index in [0.29, 0.717) is 0 Å². The van der Waals surface area contributed by atoms with E-state index in [1.807, 2.05) is 0 Å². The van der Waals surface area contributed by atoms with Crippen LogP contribution in [0.1, 0.15) is 0 Å². The maximum Gasteiger partial charge on any atom is 0.261 e. The van der Waals surface area contributed by atoms with Crippen LogP contribution in [0.15, 0.2) is 41.3 Å². The normalized spacial score (nSPS) is 11.3. The Bertz CT molecular complexity index is 766. The van der Waals surface area contributed by atoms with Gasteiger partial charge in [-0.3, -0.25) is 4.72 Å². The van der Waals surface area contributed by atoms with E-state index in [1.54, 1.807) is 0 Å². The summed E-state index contributed by atoms with van der Waals surface area (Å²) in [4.78, 5) is -0.0768. The minimum atomic E-state index is -3.88. The van der Waals surface area contributed by atoms with Crippen molar-refractivity contribution in [1.82, 2.24) is 0 Å². The summed E-state index contributed by atoms with van der Waals surface area (Å²) in [6.07, 6.45) is 0. The third kappa shape index (κ3) is 3.15. The lowest BCUT2D eigenvalue weighted by molar-refractivity contribution is 0.601. The van der Waals surface area contributed by atoms with Crippen molar-refractivity contribution in [2.24, 2.45) is 0 Å². The van der Waals surface area contributed by atoms with Crippen LogP contribution < -0.4 is 10.5 Å². The zero-order chi connectivity index (χ0) is 14.9. The van der Waals surface area contributed by atoms with Gasteiger partial charge in [0, 0.05) is 0 Å². The number of anilines is 2. The van der Waals surface area contributed by atoms with Gasteiger partial charge in [0.25, 0.3) is 10.0 Å². The molecule has 20 heavy (non-hydrogen) atoms. The van der Waals surface area contributed by atoms with Crippen LogP contribution in [0.3, 0.4) is 0 Å². The highest BCUT2D eigenvalue weighted by molar-refractivity contribution is 7.92. The number of nitrogens with one attached hydrogen (secondary N) is 1. The van der Waals surface area contributed by atoms with Crippen molar-refractivity contribution in [3.8, 4) is 0 Å². The van der Waals surface area contributed by atoms with Crippen molar-refractivity contribution < 1.29 is 12.8 Å². The molecule has 2 aromatic carbocycles. The van der Waals surface area contributed by atoms with Crippen molar-refractivity contribution in [2.75, 3.05) is 10.5 Å². The van der Waals surface area contributed by atoms with Gasteiger partial charge < -0.3 is 5.73 Å². The topological polar surface area (TPSA) is 72.2 Å². The Morgan fingerprint density at radius 1 is 1.05 bits per heavy atom. The summed E-state index contributed by atoms with van der Waals surface area (Å²) in [5.74, 6) is -0.720. The van der Waals surface area contributed by atoms with E-state index in [4.69, 9.17) is 28.9 Å². The van der Waals surface area contributed by atoms with Crippen molar-refractivity contribution in [3.63, 3.8) is 0 Å². The molecule has 0 fully saturated rings. The second-order valence-electron chi connectivity index (χ2n) is 3.92. The van der Waals surface area contributed by atoms with Crippen LogP contribution in [0.5, 0.6) is 0 Å². The van der Waals surface area contributed by atoms with Gasteiger partial charge in [-0.15, -0.1) is 0 Å². The summed E-state index contributed by atoms with van der Waals surface area (Å²) in [6.45, 7) is 0. The Kier molecular flexibility index (Phi) is 4.08. The molecule has 0 saturated carbocycles. The first kappa shape index (κ1) is 14.9. The lowest BCUT2D eigenvalue weighted by Gasteiger charge is -2.09. The van der Waals surface area contributed by atoms with Crippen LogP contribution in [-0.2, 0) is 10.0 Å². The highest BCUT2D eigenvalue weighted by Gasteiger charge is 2.16. The molecule has 0 radical (unpaired) electrons. The van der Waals surface area contributed by atoms with Gasteiger partial charge in [-0.05, 0) is 36.4 Å². The lowest BCUT2D eigenvalue weighted by Crippen LogP contribution is -2.13. The monoisotopic (exact) mass is 334 g/mol. The van der Waals surface area contributed by atoms with Crippen LogP contribution in [0.4, 0.5) is 15.8 Å². The lowest BCUT2D eigenvalue weighted by atomic mass is 10.3. The van der Waals surface area contributed by atoms with Gasteiger partial charge in [0.1, 0.15) is 5.82 Å². The summed E-state index contributed by atoms with van der Waals surface area (Å²) < 4.78 is 39.7. The predicted molar refractivity (Wildman–Crippen MR) is 78.1 cm³/mol. The van der Waals surface area contributed by atoms with E-state index >= 15 is 0 Å². The summed E-state index contributed by atoms with van der Waals surface area (Å²) in [5.41, 5.74) is 5.83. The average Bonchev–Trinajstić information content (AvgIpc) is 2.37. The fraction of sp³-hybridized carbons (Fsp3) is 0. The molecule has 0 aromatic heterocycles. The average molecular weight is 335 g/mol. The second-order valence-corrected chi connectivity index (χ2v) is 6.41.